The minimum Gasteiger partial charge on any atom is -0.416 e. The Morgan fingerprint density at radius 1 is 1.19 bits per heavy atom. The van der Waals surface area contributed by atoms with Crippen LogP contribution < -0.4 is 0 Å². The number of ether oxygens (including phenoxy) is 1. The Morgan fingerprint density at radius 3 is 2.69 bits per heavy atom. The van der Waals surface area contributed by atoms with Crippen LogP contribution in [-0.4, -0.2) is 16.5 Å². The van der Waals surface area contributed by atoms with Gasteiger partial charge in [-0.15, -0.1) is 10.2 Å². The first-order valence-corrected chi connectivity index (χ1v) is 4.77. The van der Waals surface area contributed by atoms with Gasteiger partial charge < -0.3 is 9.15 Å². The number of aromatic nitrogens is 2. The van der Waals surface area contributed by atoms with Crippen LogP contribution >= 0.6 is 0 Å². The van der Waals surface area contributed by atoms with Crippen molar-refractivity contribution >= 4 is 6.29 Å². The molecule has 0 atom stereocenters. The fourth-order valence-electron chi connectivity index (χ4n) is 1.20. The molecule has 0 unspecified atom stereocenters. The first-order chi connectivity index (χ1) is 7.88. The summed E-state index contributed by atoms with van der Waals surface area (Å²) in [7, 11) is 0. The van der Waals surface area contributed by atoms with Crippen molar-refractivity contribution in [2.45, 2.75) is 13.2 Å². The Bertz CT molecular complexity index is 453. The predicted octanol–water partition coefficient (Wildman–Crippen LogP) is 1.60. The van der Waals surface area contributed by atoms with Gasteiger partial charge in [-0.1, -0.05) is 30.3 Å². The summed E-state index contributed by atoms with van der Waals surface area (Å²) >= 11 is 0. The largest absolute Gasteiger partial charge is 0.416 e. The molecule has 0 N–H and O–H groups in total. The van der Waals surface area contributed by atoms with Gasteiger partial charge in [0.25, 0.3) is 5.89 Å². The van der Waals surface area contributed by atoms with Crippen molar-refractivity contribution in [2.24, 2.45) is 0 Å². The van der Waals surface area contributed by atoms with E-state index in [1.165, 1.54) is 0 Å². The van der Waals surface area contributed by atoms with Crippen molar-refractivity contribution in [3.05, 3.63) is 47.7 Å². The van der Waals surface area contributed by atoms with Crippen LogP contribution in [0.15, 0.2) is 34.7 Å². The lowest BCUT2D eigenvalue weighted by Gasteiger charge is -2.00. The van der Waals surface area contributed by atoms with E-state index >= 15 is 0 Å². The fraction of sp³-hybridized carbons (Fsp3) is 0.182. The van der Waals surface area contributed by atoms with E-state index in [-0.39, 0.29) is 12.5 Å². The second kappa shape index (κ2) is 5.18. The molecule has 16 heavy (non-hydrogen) atoms. The lowest BCUT2D eigenvalue weighted by atomic mass is 10.2. The van der Waals surface area contributed by atoms with Crippen molar-refractivity contribution < 1.29 is 13.9 Å². The molecule has 82 valence electrons. The molecule has 0 aliphatic rings. The van der Waals surface area contributed by atoms with Gasteiger partial charge in [0.1, 0.15) is 6.61 Å². The van der Waals surface area contributed by atoms with Crippen LogP contribution in [0.4, 0.5) is 0 Å². The lowest BCUT2D eigenvalue weighted by Crippen LogP contribution is -1.94. The van der Waals surface area contributed by atoms with E-state index in [4.69, 9.17) is 9.15 Å². The van der Waals surface area contributed by atoms with Crippen LogP contribution in [0.1, 0.15) is 22.1 Å². The summed E-state index contributed by atoms with van der Waals surface area (Å²) in [6.07, 6.45) is 0.508. The van der Waals surface area contributed by atoms with E-state index in [9.17, 15) is 4.79 Å². The van der Waals surface area contributed by atoms with Crippen LogP contribution in [-0.2, 0) is 18.0 Å². The first kappa shape index (κ1) is 10.5. The average Bonchev–Trinajstić information content (AvgIpc) is 2.78. The van der Waals surface area contributed by atoms with E-state index in [0.717, 1.165) is 5.56 Å². The number of benzene rings is 1. The molecular weight excluding hydrogens is 208 g/mol. The van der Waals surface area contributed by atoms with Gasteiger partial charge in [0, 0.05) is 0 Å². The third-order valence-corrected chi connectivity index (χ3v) is 1.92. The Labute approximate surface area is 92.1 Å². The number of carbonyl (C=O) groups excluding carboxylic acids is 1. The van der Waals surface area contributed by atoms with E-state index in [1.54, 1.807) is 0 Å². The Morgan fingerprint density at radius 2 is 2.00 bits per heavy atom. The SMILES string of the molecule is O=Cc1nnc(COCc2ccccc2)o1. The molecule has 0 aliphatic carbocycles. The van der Waals surface area contributed by atoms with Gasteiger partial charge in [0.2, 0.25) is 12.2 Å². The summed E-state index contributed by atoms with van der Waals surface area (Å²) in [5.41, 5.74) is 1.07. The molecule has 1 aromatic carbocycles. The summed E-state index contributed by atoms with van der Waals surface area (Å²) in [6.45, 7) is 0.676. The smallest absolute Gasteiger partial charge is 0.280 e. The van der Waals surface area contributed by atoms with Gasteiger partial charge in [-0.2, -0.15) is 0 Å². The number of nitrogens with zero attached hydrogens (tertiary/aromatic N) is 2. The van der Waals surface area contributed by atoms with Crippen molar-refractivity contribution in [1.29, 1.82) is 0 Å². The zero-order chi connectivity index (χ0) is 11.2. The summed E-state index contributed by atoms with van der Waals surface area (Å²) in [5, 5.41) is 7.14. The topological polar surface area (TPSA) is 65.2 Å². The van der Waals surface area contributed by atoms with Crippen LogP contribution in [0.5, 0.6) is 0 Å². The molecule has 1 aromatic heterocycles. The minimum absolute atomic E-state index is 0.0293. The Kier molecular flexibility index (Phi) is 3.40. The van der Waals surface area contributed by atoms with Gasteiger partial charge >= 0.3 is 0 Å². The van der Waals surface area contributed by atoms with Crippen molar-refractivity contribution in [3.8, 4) is 0 Å². The second-order valence-corrected chi connectivity index (χ2v) is 3.13. The van der Waals surface area contributed by atoms with E-state index in [0.29, 0.717) is 18.8 Å². The molecule has 0 fully saturated rings. The molecule has 0 amide bonds. The van der Waals surface area contributed by atoms with Crippen LogP contribution in [0.3, 0.4) is 0 Å². The molecule has 5 nitrogen and oxygen atoms in total. The maximum absolute atomic E-state index is 10.3. The minimum atomic E-state index is -0.0293. The first-order valence-electron chi connectivity index (χ1n) is 4.77. The monoisotopic (exact) mass is 218 g/mol. The molecule has 2 aromatic rings. The van der Waals surface area contributed by atoms with Gasteiger partial charge in [-0.25, -0.2) is 0 Å². The van der Waals surface area contributed by atoms with Crippen molar-refractivity contribution in [3.63, 3.8) is 0 Å². The quantitative estimate of drug-likeness (QED) is 0.713. The zero-order valence-corrected chi connectivity index (χ0v) is 8.50. The number of hydrogen-bond donors (Lipinski definition) is 0. The van der Waals surface area contributed by atoms with E-state index in [1.807, 2.05) is 30.3 Å². The summed E-state index contributed by atoms with van der Waals surface area (Å²) in [5.74, 6) is 0.274. The summed E-state index contributed by atoms with van der Waals surface area (Å²) < 4.78 is 10.3. The molecule has 0 bridgehead atoms. The third kappa shape index (κ3) is 2.74. The molecule has 0 saturated carbocycles. The van der Waals surface area contributed by atoms with E-state index in [2.05, 4.69) is 10.2 Å². The van der Waals surface area contributed by atoms with Gasteiger partial charge in [-0.3, -0.25) is 4.79 Å². The molecule has 0 radical (unpaired) electrons. The van der Waals surface area contributed by atoms with E-state index < -0.39 is 0 Å². The molecule has 0 aliphatic heterocycles. The third-order valence-electron chi connectivity index (χ3n) is 1.92. The number of aldehydes is 1. The highest BCUT2D eigenvalue weighted by Crippen LogP contribution is 2.04. The maximum Gasteiger partial charge on any atom is 0.280 e. The van der Waals surface area contributed by atoms with Gasteiger partial charge in [-0.05, 0) is 5.56 Å². The predicted molar refractivity (Wildman–Crippen MR) is 54.6 cm³/mol. The average molecular weight is 218 g/mol. The van der Waals surface area contributed by atoms with Crippen molar-refractivity contribution in [2.75, 3.05) is 0 Å². The highest BCUT2D eigenvalue weighted by molar-refractivity contribution is 5.66. The summed E-state index contributed by atoms with van der Waals surface area (Å²) in [4.78, 5) is 10.3. The standard InChI is InChI=1S/C11H10N2O3/c14-6-10-12-13-11(16-10)8-15-7-9-4-2-1-3-5-9/h1-6H,7-8H2. The molecular formula is C11H10N2O3. The molecule has 1 heterocycles. The van der Waals surface area contributed by atoms with Crippen molar-refractivity contribution in [1.82, 2.24) is 10.2 Å². The Balaban J connectivity index is 1.82. The highest BCUT2D eigenvalue weighted by atomic mass is 16.5. The maximum atomic E-state index is 10.3. The molecule has 0 spiro atoms. The second-order valence-electron chi connectivity index (χ2n) is 3.13. The lowest BCUT2D eigenvalue weighted by molar-refractivity contribution is 0.0876. The number of rotatable bonds is 5. The highest BCUT2D eigenvalue weighted by Gasteiger charge is 2.04. The number of hydrogen-bond acceptors (Lipinski definition) is 5. The van der Waals surface area contributed by atoms with Crippen LogP contribution in [0.2, 0.25) is 0 Å². The zero-order valence-electron chi connectivity index (χ0n) is 8.50. The Hall–Kier alpha value is -2.01. The van der Waals surface area contributed by atoms with Crippen LogP contribution in [0.25, 0.3) is 0 Å². The molecule has 0 saturated heterocycles. The molecule has 5 heteroatoms. The van der Waals surface area contributed by atoms with Gasteiger partial charge in [0.15, 0.2) is 0 Å². The van der Waals surface area contributed by atoms with Gasteiger partial charge in [0.05, 0.1) is 6.61 Å². The normalized spacial score (nSPS) is 10.2. The van der Waals surface area contributed by atoms with Crippen LogP contribution in [0, 0.1) is 0 Å². The number of carbonyl (C=O) groups is 1. The fourth-order valence-corrected chi connectivity index (χ4v) is 1.20. The molecule has 2 rings (SSSR count). The summed E-state index contributed by atoms with van der Waals surface area (Å²) in [6, 6.07) is 9.75.